The van der Waals surface area contributed by atoms with E-state index in [9.17, 15) is 9.59 Å². The van der Waals surface area contributed by atoms with Gasteiger partial charge in [0.15, 0.2) is 0 Å². The van der Waals surface area contributed by atoms with E-state index in [-0.39, 0.29) is 17.4 Å². The predicted octanol–water partition coefficient (Wildman–Crippen LogP) is 5.67. The molecule has 0 aliphatic heterocycles. The first-order chi connectivity index (χ1) is 14.0. The fourth-order valence-corrected chi connectivity index (χ4v) is 4.16. The average molecular weight is 512 g/mol. The SMILES string of the molecule is C[C@H](C(=O)NC(C)(C)C)N(Cc1cccc(Cl)c1)C(=O)CSCc1ccc(Br)cc1. The highest BCUT2D eigenvalue weighted by molar-refractivity contribution is 9.10. The van der Waals surface area contributed by atoms with Crippen LogP contribution in [-0.4, -0.2) is 34.0 Å². The minimum absolute atomic E-state index is 0.0753. The Balaban J connectivity index is 2.09. The molecule has 0 spiro atoms. The van der Waals surface area contributed by atoms with Gasteiger partial charge >= 0.3 is 0 Å². The van der Waals surface area contributed by atoms with Gasteiger partial charge in [-0.05, 0) is 63.1 Å². The quantitative estimate of drug-likeness (QED) is 0.497. The van der Waals surface area contributed by atoms with Gasteiger partial charge in [0.2, 0.25) is 11.8 Å². The van der Waals surface area contributed by atoms with Crippen LogP contribution in [0.4, 0.5) is 0 Å². The Morgan fingerprint density at radius 1 is 1.13 bits per heavy atom. The molecule has 0 aromatic heterocycles. The summed E-state index contributed by atoms with van der Waals surface area (Å²) in [6.07, 6.45) is 0. The Morgan fingerprint density at radius 3 is 2.40 bits per heavy atom. The second-order valence-electron chi connectivity index (χ2n) is 8.19. The van der Waals surface area contributed by atoms with Crippen molar-refractivity contribution in [1.29, 1.82) is 0 Å². The van der Waals surface area contributed by atoms with E-state index in [0.717, 1.165) is 21.4 Å². The highest BCUT2D eigenvalue weighted by Crippen LogP contribution is 2.19. The topological polar surface area (TPSA) is 49.4 Å². The lowest BCUT2D eigenvalue weighted by atomic mass is 10.1. The molecule has 1 atom stereocenters. The molecular weight excluding hydrogens is 484 g/mol. The molecule has 30 heavy (non-hydrogen) atoms. The van der Waals surface area contributed by atoms with Crippen molar-refractivity contribution in [3.63, 3.8) is 0 Å². The zero-order valence-corrected chi connectivity index (χ0v) is 20.9. The number of benzene rings is 2. The van der Waals surface area contributed by atoms with Crippen LogP contribution in [-0.2, 0) is 21.9 Å². The van der Waals surface area contributed by atoms with E-state index < -0.39 is 6.04 Å². The van der Waals surface area contributed by atoms with Crippen molar-refractivity contribution in [2.24, 2.45) is 0 Å². The molecule has 0 bridgehead atoms. The minimum Gasteiger partial charge on any atom is -0.350 e. The van der Waals surface area contributed by atoms with E-state index in [1.54, 1.807) is 29.7 Å². The first-order valence-corrected chi connectivity index (χ1v) is 12.1. The summed E-state index contributed by atoms with van der Waals surface area (Å²) in [5.41, 5.74) is 1.67. The van der Waals surface area contributed by atoms with E-state index in [2.05, 4.69) is 21.2 Å². The van der Waals surface area contributed by atoms with Crippen molar-refractivity contribution in [1.82, 2.24) is 10.2 Å². The van der Waals surface area contributed by atoms with Crippen LogP contribution >= 0.6 is 39.3 Å². The summed E-state index contributed by atoms with van der Waals surface area (Å²) in [5, 5.41) is 3.58. The maximum absolute atomic E-state index is 13.1. The van der Waals surface area contributed by atoms with Crippen molar-refractivity contribution < 1.29 is 9.59 Å². The summed E-state index contributed by atoms with van der Waals surface area (Å²) >= 11 is 11.1. The molecule has 2 aromatic rings. The summed E-state index contributed by atoms with van der Waals surface area (Å²) in [7, 11) is 0. The third-order valence-corrected chi connectivity index (χ3v) is 6.07. The molecule has 4 nitrogen and oxygen atoms in total. The second kappa shape index (κ2) is 11.2. The van der Waals surface area contributed by atoms with Crippen LogP contribution in [0, 0.1) is 0 Å². The molecule has 7 heteroatoms. The number of rotatable bonds is 8. The van der Waals surface area contributed by atoms with Crippen molar-refractivity contribution in [3.8, 4) is 0 Å². The largest absolute Gasteiger partial charge is 0.350 e. The van der Waals surface area contributed by atoms with Crippen molar-refractivity contribution in [2.45, 2.75) is 51.6 Å². The Hall–Kier alpha value is -1.50. The minimum atomic E-state index is -0.594. The molecule has 0 radical (unpaired) electrons. The van der Waals surface area contributed by atoms with E-state index in [4.69, 9.17) is 11.6 Å². The molecule has 0 unspecified atom stereocenters. The molecule has 2 rings (SSSR count). The number of nitrogens with zero attached hydrogens (tertiary/aromatic N) is 1. The Labute approximate surface area is 196 Å². The normalized spacial score (nSPS) is 12.3. The van der Waals surface area contributed by atoms with Gasteiger partial charge in [0, 0.05) is 27.3 Å². The van der Waals surface area contributed by atoms with Crippen LogP contribution in [0.1, 0.15) is 38.8 Å². The number of amides is 2. The first kappa shape index (κ1) is 24.8. The van der Waals surface area contributed by atoms with Crippen molar-refractivity contribution in [2.75, 3.05) is 5.75 Å². The zero-order valence-electron chi connectivity index (χ0n) is 17.7. The standard InChI is InChI=1S/C23H28BrClN2O2S/c1-16(22(29)26-23(2,3)4)27(13-18-6-5-7-20(25)12-18)21(28)15-30-14-17-8-10-19(24)11-9-17/h5-12,16H,13-15H2,1-4H3,(H,26,29)/t16-/m1/s1. The molecule has 0 aliphatic carbocycles. The summed E-state index contributed by atoms with van der Waals surface area (Å²) in [4.78, 5) is 27.4. The number of hydrogen-bond donors (Lipinski definition) is 1. The van der Waals surface area contributed by atoms with Crippen molar-refractivity contribution in [3.05, 3.63) is 69.2 Å². The van der Waals surface area contributed by atoms with Crippen LogP contribution in [0.3, 0.4) is 0 Å². The van der Waals surface area contributed by atoms with E-state index in [1.165, 1.54) is 0 Å². The second-order valence-corrected chi connectivity index (χ2v) is 10.5. The van der Waals surface area contributed by atoms with E-state index in [1.807, 2.05) is 63.2 Å². The highest BCUT2D eigenvalue weighted by atomic mass is 79.9. The summed E-state index contributed by atoms with van der Waals surface area (Å²) in [5.74, 6) is 0.778. The molecule has 0 fully saturated rings. The van der Waals surface area contributed by atoms with Gasteiger partial charge in [-0.25, -0.2) is 0 Å². The van der Waals surface area contributed by atoms with E-state index in [0.29, 0.717) is 17.3 Å². The Bertz CT molecular complexity index is 868. The first-order valence-electron chi connectivity index (χ1n) is 9.73. The van der Waals surface area contributed by atoms with Gasteiger partial charge in [0.25, 0.3) is 0 Å². The lowest BCUT2D eigenvalue weighted by Gasteiger charge is -2.31. The molecular formula is C23H28BrClN2O2S. The third-order valence-electron chi connectivity index (χ3n) is 4.31. The van der Waals surface area contributed by atoms with Crippen LogP contribution in [0.5, 0.6) is 0 Å². The van der Waals surface area contributed by atoms with Crippen LogP contribution in [0.2, 0.25) is 5.02 Å². The van der Waals surface area contributed by atoms with Gasteiger partial charge in [-0.15, -0.1) is 11.8 Å². The number of nitrogens with one attached hydrogen (secondary N) is 1. The lowest BCUT2D eigenvalue weighted by molar-refractivity contribution is -0.139. The number of hydrogen-bond acceptors (Lipinski definition) is 3. The Morgan fingerprint density at radius 2 is 1.80 bits per heavy atom. The highest BCUT2D eigenvalue weighted by Gasteiger charge is 2.28. The molecule has 2 aromatic carbocycles. The smallest absolute Gasteiger partial charge is 0.242 e. The average Bonchev–Trinajstić information content (AvgIpc) is 2.65. The monoisotopic (exact) mass is 510 g/mol. The maximum atomic E-state index is 13.1. The van der Waals surface area contributed by atoms with Crippen LogP contribution < -0.4 is 5.32 Å². The van der Waals surface area contributed by atoms with Crippen molar-refractivity contribution >= 4 is 51.1 Å². The summed E-state index contributed by atoms with van der Waals surface area (Å²) in [6.45, 7) is 7.87. The fourth-order valence-electron chi connectivity index (χ4n) is 2.81. The summed E-state index contributed by atoms with van der Waals surface area (Å²) < 4.78 is 1.03. The molecule has 0 aliphatic rings. The van der Waals surface area contributed by atoms with Gasteiger partial charge in [-0.2, -0.15) is 0 Å². The molecule has 162 valence electrons. The van der Waals surface area contributed by atoms with Gasteiger partial charge < -0.3 is 10.2 Å². The van der Waals surface area contributed by atoms with Gasteiger partial charge in [-0.1, -0.05) is 51.8 Å². The molecule has 2 amide bonds. The molecule has 0 saturated heterocycles. The third kappa shape index (κ3) is 8.32. The van der Waals surface area contributed by atoms with Gasteiger partial charge in [0.05, 0.1) is 5.75 Å². The molecule has 0 saturated carbocycles. The van der Waals surface area contributed by atoms with Crippen LogP contribution in [0.15, 0.2) is 53.0 Å². The zero-order chi connectivity index (χ0) is 22.3. The number of carbonyl (C=O) groups is 2. The van der Waals surface area contributed by atoms with E-state index >= 15 is 0 Å². The van der Waals surface area contributed by atoms with Gasteiger partial charge in [0.1, 0.15) is 6.04 Å². The van der Waals surface area contributed by atoms with Gasteiger partial charge in [-0.3, -0.25) is 9.59 Å². The predicted molar refractivity (Wildman–Crippen MR) is 130 cm³/mol. The number of carbonyl (C=O) groups excluding carboxylic acids is 2. The number of halogens is 2. The van der Waals surface area contributed by atoms with Crippen LogP contribution in [0.25, 0.3) is 0 Å². The summed E-state index contributed by atoms with van der Waals surface area (Å²) in [6, 6.07) is 14.8. The number of thioether (sulfide) groups is 1. The molecule has 1 N–H and O–H groups in total. The Kier molecular flexibility index (Phi) is 9.26. The maximum Gasteiger partial charge on any atom is 0.242 e. The fraction of sp³-hybridized carbons (Fsp3) is 0.391. The molecule has 0 heterocycles. The lowest BCUT2D eigenvalue weighted by Crippen LogP contribution is -2.52.